The number of hydrogen-bond acceptors (Lipinski definition) is 1. The van der Waals surface area contributed by atoms with E-state index in [1.165, 1.54) is 19.4 Å². The Morgan fingerprint density at radius 3 is 3.10 bits per heavy atom. The van der Waals surface area contributed by atoms with Gasteiger partial charge in [-0.15, -0.1) is 0 Å². The van der Waals surface area contributed by atoms with Crippen LogP contribution in [0.5, 0.6) is 0 Å². The van der Waals surface area contributed by atoms with Gasteiger partial charge in [-0.3, -0.25) is 4.39 Å². The molecule has 0 saturated carbocycles. The zero-order valence-electron chi connectivity index (χ0n) is 6.22. The van der Waals surface area contributed by atoms with Crippen molar-refractivity contribution in [2.24, 2.45) is 5.92 Å². The summed E-state index contributed by atoms with van der Waals surface area (Å²) < 4.78 is 12.2. The Kier molecular flexibility index (Phi) is 1.65. The highest BCUT2D eigenvalue weighted by atomic mass is 19.1. The molecule has 58 valence electrons. The smallest absolute Gasteiger partial charge is 0.0935 e. The van der Waals surface area contributed by atoms with Crippen LogP contribution in [0.4, 0.5) is 4.39 Å². The average molecular weight is 143 g/mol. The van der Waals surface area contributed by atoms with Crippen molar-refractivity contribution < 1.29 is 4.39 Å². The predicted molar refractivity (Wildman–Crippen MR) is 38.7 cm³/mol. The average Bonchev–Trinajstić information content (AvgIpc) is 2.42. The molecular formula is C8H14FN. The van der Waals surface area contributed by atoms with E-state index in [0.717, 1.165) is 19.0 Å². The lowest BCUT2D eigenvalue weighted by Gasteiger charge is -2.12. The number of nitrogens with zero attached hydrogens (tertiary/aromatic N) is 1. The molecule has 0 bridgehead atoms. The van der Waals surface area contributed by atoms with Crippen molar-refractivity contribution >= 4 is 0 Å². The van der Waals surface area contributed by atoms with Crippen LogP contribution >= 0.6 is 0 Å². The molecule has 0 aromatic heterocycles. The maximum absolute atomic E-state index is 12.2. The molecule has 2 heterocycles. The second-order valence-corrected chi connectivity index (χ2v) is 3.55. The lowest BCUT2D eigenvalue weighted by Crippen LogP contribution is -2.22. The van der Waals surface area contributed by atoms with Crippen LogP contribution in [0.15, 0.2) is 0 Å². The maximum Gasteiger partial charge on any atom is 0.0935 e. The highest BCUT2D eigenvalue weighted by Crippen LogP contribution is 2.31. The zero-order chi connectivity index (χ0) is 6.97. The molecule has 2 rings (SSSR count). The Morgan fingerprint density at radius 1 is 1.50 bits per heavy atom. The van der Waals surface area contributed by atoms with Gasteiger partial charge < -0.3 is 4.90 Å². The molecule has 0 radical (unpaired) electrons. The number of rotatable bonds is 1. The highest BCUT2D eigenvalue weighted by molar-refractivity contribution is 4.89. The van der Waals surface area contributed by atoms with Gasteiger partial charge in [0.1, 0.15) is 0 Å². The van der Waals surface area contributed by atoms with Crippen molar-refractivity contribution in [1.82, 2.24) is 4.90 Å². The van der Waals surface area contributed by atoms with Crippen LogP contribution in [0.3, 0.4) is 0 Å². The summed E-state index contributed by atoms with van der Waals surface area (Å²) in [6.07, 6.45) is 3.77. The Hall–Kier alpha value is -0.110. The van der Waals surface area contributed by atoms with Crippen LogP contribution < -0.4 is 0 Å². The van der Waals surface area contributed by atoms with Crippen molar-refractivity contribution in [3.05, 3.63) is 0 Å². The Labute approximate surface area is 61.2 Å². The van der Waals surface area contributed by atoms with Crippen LogP contribution in [0.25, 0.3) is 0 Å². The van der Waals surface area contributed by atoms with E-state index in [2.05, 4.69) is 4.90 Å². The van der Waals surface area contributed by atoms with Crippen molar-refractivity contribution in [2.75, 3.05) is 19.8 Å². The first kappa shape index (κ1) is 6.59. The van der Waals surface area contributed by atoms with Crippen LogP contribution in [0.1, 0.15) is 19.3 Å². The normalized spacial score (nSPS) is 40.5. The molecule has 10 heavy (non-hydrogen) atoms. The van der Waals surface area contributed by atoms with E-state index in [9.17, 15) is 4.39 Å². The topological polar surface area (TPSA) is 3.24 Å². The van der Waals surface area contributed by atoms with E-state index in [4.69, 9.17) is 0 Å². The first-order valence-corrected chi connectivity index (χ1v) is 4.20. The van der Waals surface area contributed by atoms with Gasteiger partial charge in [-0.2, -0.15) is 0 Å². The van der Waals surface area contributed by atoms with Crippen molar-refractivity contribution in [1.29, 1.82) is 0 Å². The lowest BCUT2D eigenvalue weighted by atomic mass is 10.1. The van der Waals surface area contributed by atoms with Gasteiger partial charge in [-0.1, -0.05) is 0 Å². The Balaban J connectivity index is 1.94. The summed E-state index contributed by atoms with van der Waals surface area (Å²) in [7, 11) is 0. The minimum absolute atomic E-state index is 0.104. The summed E-state index contributed by atoms with van der Waals surface area (Å²) in [5.41, 5.74) is 0. The van der Waals surface area contributed by atoms with Gasteiger partial charge in [0, 0.05) is 18.5 Å². The van der Waals surface area contributed by atoms with E-state index in [1.54, 1.807) is 0 Å². The standard InChI is InChI=1S/C8H14FN/c9-5-7-4-8-2-1-3-10(8)6-7/h7-8H,1-6H2/t7-,8?/m0/s1. The molecule has 0 spiro atoms. The molecule has 1 unspecified atom stereocenters. The van der Waals surface area contributed by atoms with E-state index < -0.39 is 0 Å². The third-order valence-corrected chi connectivity index (χ3v) is 2.82. The van der Waals surface area contributed by atoms with Crippen molar-refractivity contribution in [2.45, 2.75) is 25.3 Å². The summed E-state index contributed by atoms with van der Waals surface area (Å²) >= 11 is 0. The van der Waals surface area contributed by atoms with Crippen LogP contribution in [-0.4, -0.2) is 30.7 Å². The fourth-order valence-corrected chi connectivity index (χ4v) is 2.31. The largest absolute Gasteiger partial charge is 0.300 e. The van der Waals surface area contributed by atoms with E-state index >= 15 is 0 Å². The van der Waals surface area contributed by atoms with E-state index in [-0.39, 0.29) is 6.67 Å². The second-order valence-electron chi connectivity index (χ2n) is 3.55. The third-order valence-electron chi connectivity index (χ3n) is 2.82. The Bertz CT molecular complexity index is 114. The summed E-state index contributed by atoms with van der Waals surface area (Å²) in [5, 5.41) is 0. The maximum atomic E-state index is 12.2. The molecule has 2 heteroatoms. The van der Waals surface area contributed by atoms with Crippen LogP contribution in [-0.2, 0) is 0 Å². The molecule has 0 aliphatic carbocycles. The minimum atomic E-state index is -0.104. The van der Waals surface area contributed by atoms with Crippen molar-refractivity contribution in [3.63, 3.8) is 0 Å². The Morgan fingerprint density at radius 2 is 2.40 bits per heavy atom. The van der Waals surface area contributed by atoms with Gasteiger partial charge in [0.2, 0.25) is 0 Å². The first-order valence-electron chi connectivity index (χ1n) is 4.20. The number of hydrogen-bond donors (Lipinski definition) is 0. The SMILES string of the molecule is FC[C@@H]1CC2CCCN2C1. The molecule has 2 aliphatic rings. The molecule has 2 fully saturated rings. The molecule has 0 aromatic rings. The van der Waals surface area contributed by atoms with Gasteiger partial charge in [0.25, 0.3) is 0 Å². The van der Waals surface area contributed by atoms with Crippen molar-refractivity contribution in [3.8, 4) is 0 Å². The zero-order valence-corrected chi connectivity index (χ0v) is 6.22. The van der Waals surface area contributed by atoms with Gasteiger partial charge in [-0.25, -0.2) is 0 Å². The molecule has 0 N–H and O–H groups in total. The molecule has 1 nitrogen and oxygen atoms in total. The lowest BCUT2D eigenvalue weighted by molar-refractivity contribution is 0.304. The fourth-order valence-electron chi connectivity index (χ4n) is 2.31. The predicted octanol–water partition coefficient (Wildman–Crippen LogP) is 1.44. The highest BCUT2D eigenvalue weighted by Gasteiger charge is 2.34. The van der Waals surface area contributed by atoms with Gasteiger partial charge >= 0.3 is 0 Å². The van der Waals surface area contributed by atoms with Gasteiger partial charge in [0.05, 0.1) is 6.67 Å². The summed E-state index contributed by atoms with van der Waals surface area (Å²) in [6, 6.07) is 0.751. The molecule has 0 aromatic carbocycles. The summed E-state index contributed by atoms with van der Waals surface area (Å²) in [5.74, 6) is 0.366. The van der Waals surface area contributed by atoms with Gasteiger partial charge in [0.15, 0.2) is 0 Å². The molecule has 2 atom stereocenters. The summed E-state index contributed by atoms with van der Waals surface area (Å²) in [4.78, 5) is 2.45. The number of halogens is 1. The fraction of sp³-hybridized carbons (Fsp3) is 1.00. The molecule has 2 aliphatic heterocycles. The minimum Gasteiger partial charge on any atom is -0.300 e. The second kappa shape index (κ2) is 2.50. The number of fused-ring (bicyclic) bond motifs is 1. The van der Waals surface area contributed by atoms with Crippen LogP contribution in [0, 0.1) is 5.92 Å². The van der Waals surface area contributed by atoms with Gasteiger partial charge in [-0.05, 0) is 25.8 Å². The summed E-state index contributed by atoms with van der Waals surface area (Å²) in [6.45, 7) is 2.15. The van der Waals surface area contributed by atoms with E-state index in [0.29, 0.717) is 5.92 Å². The number of alkyl halides is 1. The molecule has 0 amide bonds. The quantitative estimate of drug-likeness (QED) is 0.537. The monoisotopic (exact) mass is 143 g/mol. The molecule has 2 saturated heterocycles. The van der Waals surface area contributed by atoms with E-state index in [1.807, 2.05) is 0 Å². The van der Waals surface area contributed by atoms with Crippen LogP contribution in [0.2, 0.25) is 0 Å². The molecular weight excluding hydrogens is 129 g/mol. The third kappa shape index (κ3) is 0.947. The first-order chi connectivity index (χ1) is 4.90.